The lowest BCUT2D eigenvalue weighted by Crippen LogP contribution is -2.54. The number of aromatic nitrogens is 4. The summed E-state index contributed by atoms with van der Waals surface area (Å²) < 4.78 is 26.6. The molecule has 0 radical (unpaired) electrons. The highest BCUT2D eigenvalue weighted by Crippen LogP contribution is 2.45. The SMILES string of the molecule is C=CCN(CCC[C@H](NC(=O)c1ccc(-c2cnccn2)cc1)C(=O)N1CCN(C)CC1)[C@@H]1C[C@H]1c1ccc(F)cc1.CN1C(=O)CC(=O)N(C)C1=O.CN1CCN(C(=O)[C@H](CCCN[C@@H]2C[C@H]2c2ccc(F)cc2)NC(=O)c2ccc(-c3cnccn3)cc2)CC1. The number of nitrogens with one attached hydrogen (secondary N) is 3. The highest BCUT2D eigenvalue weighted by atomic mass is 19.1. The third-order valence-electron chi connectivity index (χ3n) is 17.5. The van der Waals surface area contributed by atoms with Crippen LogP contribution in [0.4, 0.5) is 13.6 Å². The minimum atomic E-state index is -0.613. The van der Waals surface area contributed by atoms with Crippen LogP contribution in [-0.2, 0) is 19.2 Å². The monoisotopic (exact) mass is 1260 g/mol. The number of halogens is 2. The molecule has 0 bridgehead atoms. The summed E-state index contributed by atoms with van der Waals surface area (Å²) in [5.74, 6) is -1.15. The van der Waals surface area contributed by atoms with Gasteiger partial charge in [0.15, 0.2) is 0 Å². The van der Waals surface area contributed by atoms with Crippen LogP contribution in [0.5, 0.6) is 0 Å². The topological polar surface area (TPSA) is 230 Å². The fourth-order valence-electron chi connectivity index (χ4n) is 11.6. The van der Waals surface area contributed by atoms with Gasteiger partial charge in [0.2, 0.25) is 23.6 Å². The van der Waals surface area contributed by atoms with Gasteiger partial charge in [-0.3, -0.25) is 63.4 Å². The van der Waals surface area contributed by atoms with Crippen molar-refractivity contribution >= 4 is 41.5 Å². The Kier molecular flexibility index (Phi) is 23.7. The summed E-state index contributed by atoms with van der Waals surface area (Å²) in [5, 5.41) is 9.61. The molecule has 6 aromatic rings. The molecule has 2 aliphatic carbocycles. The number of benzene rings is 4. The fraction of sp³-hybridized carbons (Fsp3) is 0.406. The molecule has 92 heavy (non-hydrogen) atoms. The number of hydrogen-bond donors (Lipinski definition) is 3. The van der Waals surface area contributed by atoms with E-state index < -0.39 is 29.9 Å². The minimum absolute atomic E-state index is 0.0248. The van der Waals surface area contributed by atoms with Gasteiger partial charge in [0.05, 0.1) is 23.8 Å². The van der Waals surface area contributed by atoms with Gasteiger partial charge in [-0.25, -0.2) is 13.6 Å². The Morgan fingerprint density at radius 2 is 1.03 bits per heavy atom. The lowest BCUT2D eigenvalue weighted by molar-refractivity contribution is -0.141. The highest BCUT2D eigenvalue weighted by molar-refractivity contribution is 6.13. The molecule has 4 aromatic carbocycles. The van der Waals surface area contributed by atoms with Crippen molar-refractivity contribution in [3.05, 3.63) is 181 Å². The number of nitrogens with zero attached hydrogens (tertiary/aromatic N) is 11. The molecule has 21 nitrogen and oxygen atoms in total. The van der Waals surface area contributed by atoms with Crippen LogP contribution in [0.2, 0.25) is 0 Å². The largest absolute Gasteiger partial charge is 0.340 e. The van der Waals surface area contributed by atoms with Gasteiger partial charge in [-0.15, -0.1) is 6.58 Å². The molecule has 11 rings (SSSR count). The predicted molar refractivity (Wildman–Crippen MR) is 344 cm³/mol. The van der Waals surface area contributed by atoms with E-state index in [1.807, 2.05) is 64.4 Å². The number of urea groups is 1. The molecular formula is C69H82F2N14O7. The molecule has 2 aromatic heterocycles. The summed E-state index contributed by atoms with van der Waals surface area (Å²) >= 11 is 0. The van der Waals surface area contributed by atoms with Crippen LogP contribution in [0.15, 0.2) is 147 Å². The third kappa shape index (κ3) is 18.6. The van der Waals surface area contributed by atoms with E-state index in [1.165, 1.54) is 38.4 Å². The number of rotatable bonds is 22. The van der Waals surface area contributed by atoms with Crippen molar-refractivity contribution < 1.29 is 42.3 Å². The molecule has 5 fully saturated rings. The first kappa shape index (κ1) is 67.4. The Morgan fingerprint density at radius 3 is 1.47 bits per heavy atom. The zero-order chi connectivity index (χ0) is 65.3. The maximum Gasteiger partial charge on any atom is 0.332 e. The van der Waals surface area contributed by atoms with Crippen LogP contribution >= 0.6 is 0 Å². The van der Waals surface area contributed by atoms with Crippen molar-refractivity contribution in [3.8, 4) is 22.5 Å². The number of piperazine rings is 2. The summed E-state index contributed by atoms with van der Waals surface area (Å²) in [5.41, 5.74) is 6.49. The van der Waals surface area contributed by atoms with Crippen LogP contribution in [0.1, 0.15) is 88.6 Å². The van der Waals surface area contributed by atoms with Crippen molar-refractivity contribution in [2.75, 3.05) is 100 Å². The predicted octanol–water partition coefficient (Wildman–Crippen LogP) is 6.49. The van der Waals surface area contributed by atoms with Gasteiger partial charge in [0.25, 0.3) is 11.8 Å². The molecular weight excluding hydrogens is 1170 g/mol. The number of hydrogen-bond acceptors (Lipinski definition) is 15. The average molecular weight is 1260 g/mol. The lowest BCUT2D eigenvalue weighted by Gasteiger charge is -2.35. The first-order chi connectivity index (χ1) is 44.4. The van der Waals surface area contributed by atoms with Crippen molar-refractivity contribution in [2.24, 2.45) is 0 Å². The van der Waals surface area contributed by atoms with E-state index in [1.54, 1.807) is 61.4 Å². The van der Waals surface area contributed by atoms with Gasteiger partial charge in [0, 0.05) is 144 Å². The Balaban J connectivity index is 0.000000187. The number of carbonyl (C=O) groups is 7. The zero-order valence-electron chi connectivity index (χ0n) is 52.7. The van der Waals surface area contributed by atoms with Gasteiger partial charge in [0.1, 0.15) is 30.1 Å². The molecule has 8 amide bonds. The number of amides is 8. The van der Waals surface area contributed by atoms with Gasteiger partial charge >= 0.3 is 6.03 Å². The third-order valence-corrected chi connectivity index (χ3v) is 17.5. The minimum Gasteiger partial charge on any atom is -0.340 e. The van der Waals surface area contributed by atoms with Gasteiger partial charge in [-0.2, -0.15) is 0 Å². The maximum atomic E-state index is 13.6. The van der Waals surface area contributed by atoms with E-state index in [-0.39, 0.29) is 41.7 Å². The normalized spacial score (nSPS) is 19.6. The molecule has 0 unspecified atom stereocenters. The molecule has 0 spiro atoms. The van der Waals surface area contributed by atoms with Crippen LogP contribution < -0.4 is 16.0 Å². The molecule has 2 saturated carbocycles. The molecule has 5 aliphatic rings. The molecule has 3 N–H and O–H groups in total. The smallest absolute Gasteiger partial charge is 0.332 e. The van der Waals surface area contributed by atoms with Crippen LogP contribution in [0, 0.1) is 11.6 Å². The fourth-order valence-corrected chi connectivity index (χ4v) is 11.6. The van der Waals surface area contributed by atoms with Crippen LogP contribution in [0.25, 0.3) is 22.5 Å². The van der Waals surface area contributed by atoms with Crippen LogP contribution in [-0.4, -0.2) is 220 Å². The van der Waals surface area contributed by atoms with E-state index in [0.717, 1.165) is 115 Å². The Hall–Kier alpha value is -9.03. The second-order valence-electron chi connectivity index (χ2n) is 24.0. The lowest BCUT2D eigenvalue weighted by atomic mass is 10.1. The summed E-state index contributed by atoms with van der Waals surface area (Å²) in [6.07, 6.45) is 16.2. The second-order valence-corrected chi connectivity index (χ2v) is 24.0. The number of barbiturate groups is 1. The highest BCUT2D eigenvalue weighted by Gasteiger charge is 2.42. The maximum absolute atomic E-state index is 13.6. The van der Waals surface area contributed by atoms with E-state index in [0.29, 0.717) is 74.1 Å². The average Bonchev–Trinajstić information content (AvgIpc) is 1.85. The Morgan fingerprint density at radius 1 is 0.587 bits per heavy atom. The van der Waals surface area contributed by atoms with Crippen molar-refractivity contribution in [1.29, 1.82) is 0 Å². The van der Waals surface area contributed by atoms with E-state index in [2.05, 4.69) is 71.3 Å². The molecule has 6 atom stereocenters. The second kappa shape index (κ2) is 32.3. The number of carbonyl (C=O) groups excluding carboxylic acids is 7. The summed E-state index contributed by atoms with van der Waals surface area (Å²) in [7, 11) is 6.81. The van der Waals surface area contributed by atoms with E-state index >= 15 is 0 Å². The molecule has 3 saturated heterocycles. The van der Waals surface area contributed by atoms with E-state index in [4.69, 9.17) is 0 Å². The summed E-state index contributed by atoms with van der Waals surface area (Å²) in [6.45, 7) is 12.1. The standard InChI is InChI=1S/C33H39FN6O2.C30H35FN6O2.C6H8N2O3/c1-3-16-39(31-22-28(31)24-10-12-27(34)13-11-24)17-4-5-29(33(42)40-20-18-38(2)19-21-40)37-32(41)26-8-6-25(7-9-26)30-23-35-14-15-36-30;1-36-15-17-37(18-16-36)30(39)26(3-2-12-33-27-19-25(27)21-8-10-24(31)11-9-21)35-29(38)23-6-4-22(5-7-23)28-20-32-13-14-34-28;1-7-4(9)3-5(10)8(2)6(7)11/h3,6-15,23,28-29,31H,1,4-5,16-22H2,2H3,(H,37,41);4-11,13-14,20,25-27,33H,2-3,12,15-19H2,1H3,(H,35,38);3H2,1-2H3/t28-,29-,31+;25-,26-,27+;/m00./s1. The van der Waals surface area contributed by atoms with E-state index in [9.17, 15) is 42.3 Å². The first-order valence-electron chi connectivity index (χ1n) is 31.4. The van der Waals surface area contributed by atoms with Crippen molar-refractivity contribution in [1.82, 2.24) is 70.2 Å². The molecule has 3 aliphatic heterocycles. The molecule has 23 heteroatoms. The van der Waals surface area contributed by atoms with Crippen molar-refractivity contribution in [3.63, 3.8) is 0 Å². The number of likely N-dealkylation sites (N-methyl/N-ethyl adjacent to an activating group) is 2. The number of imide groups is 2. The van der Waals surface area contributed by atoms with Gasteiger partial charge in [-0.05, 0) is 125 Å². The Labute approximate surface area is 536 Å². The summed E-state index contributed by atoms with van der Waals surface area (Å²) in [6, 6.07) is 26.8. The summed E-state index contributed by atoms with van der Waals surface area (Å²) in [4.78, 5) is 115. The quantitative estimate of drug-likeness (QED) is 0.0375. The van der Waals surface area contributed by atoms with Crippen molar-refractivity contribution in [2.45, 2.75) is 80.9 Å². The molecule has 5 heterocycles. The zero-order valence-corrected chi connectivity index (χ0v) is 52.7. The van der Waals surface area contributed by atoms with Crippen LogP contribution in [0.3, 0.4) is 0 Å². The molecule has 484 valence electrons. The van der Waals surface area contributed by atoms with Gasteiger partial charge < -0.3 is 35.6 Å². The Bertz CT molecular complexity index is 3440. The van der Waals surface area contributed by atoms with Gasteiger partial charge in [-0.1, -0.05) is 54.6 Å². The first-order valence-corrected chi connectivity index (χ1v) is 31.4.